The van der Waals surface area contributed by atoms with Crippen molar-refractivity contribution in [2.45, 2.75) is 17.7 Å². The number of nitrogens with two attached hydrogens (primary N) is 1. The first-order chi connectivity index (χ1) is 11.5. The monoisotopic (exact) mass is 408 g/mol. The number of benzene rings is 2. The quantitative estimate of drug-likeness (QED) is 0.737. The van der Waals surface area contributed by atoms with Gasteiger partial charge in [0, 0.05) is 21.5 Å². The summed E-state index contributed by atoms with van der Waals surface area (Å²) in [5.41, 5.74) is 5.93. The lowest BCUT2D eigenvalue weighted by Gasteiger charge is -2.08. The van der Waals surface area contributed by atoms with Crippen molar-refractivity contribution >= 4 is 44.2 Å². The molecule has 2 aromatic carbocycles. The van der Waals surface area contributed by atoms with Crippen molar-refractivity contribution in [2.75, 3.05) is 11.1 Å². The highest BCUT2D eigenvalue weighted by Gasteiger charge is 2.11. The summed E-state index contributed by atoms with van der Waals surface area (Å²) in [6.45, 7) is 0. The number of hydrogen-bond acceptors (Lipinski definition) is 3. The highest BCUT2D eigenvalue weighted by molar-refractivity contribution is 9.10. The average molecular weight is 409 g/mol. The van der Waals surface area contributed by atoms with Crippen molar-refractivity contribution < 1.29 is 13.8 Å². The molecule has 0 aromatic heterocycles. The molecule has 0 aliphatic rings. The second kappa shape index (κ2) is 8.75. The number of primary amides is 1. The zero-order valence-electron chi connectivity index (χ0n) is 12.8. The average Bonchev–Trinajstić information content (AvgIpc) is 2.55. The molecule has 2 aromatic rings. The predicted molar refractivity (Wildman–Crippen MR) is 98.2 cm³/mol. The van der Waals surface area contributed by atoms with Crippen LogP contribution in [0.1, 0.15) is 23.2 Å². The number of nitrogens with one attached hydrogen (secondary N) is 1. The van der Waals surface area contributed by atoms with Crippen LogP contribution >= 0.6 is 15.9 Å². The Morgan fingerprint density at radius 2 is 1.75 bits per heavy atom. The van der Waals surface area contributed by atoms with Crippen molar-refractivity contribution in [1.29, 1.82) is 0 Å². The third-order valence-electron chi connectivity index (χ3n) is 3.28. The zero-order chi connectivity index (χ0) is 17.5. The molecule has 3 N–H and O–H groups in total. The smallest absolute Gasteiger partial charge is 0.250 e. The van der Waals surface area contributed by atoms with Crippen molar-refractivity contribution in [3.8, 4) is 0 Å². The molecule has 0 radical (unpaired) electrons. The molecule has 2 rings (SSSR count). The topological polar surface area (TPSA) is 89.3 Å². The summed E-state index contributed by atoms with van der Waals surface area (Å²) in [5, 5.41) is 2.67. The van der Waals surface area contributed by atoms with E-state index in [9.17, 15) is 13.8 Å². The van der Waals surface area contributed by atoms with E-state index in [2.05, 4.69) is 21.2 Å². The number of carbonyl (C=O) groups excluding carboxylic acids is 2. The Labute approximate surface area is 151 Å². The van der Waals surface area contributed by atoms with Gasteiger partial charge in [0.2, 0.25) is 5.91 Å². The number of halogens is 1. The molecule has 0 aliphatic carbocycles. The summed E-state index contributed by atoms with van der Waals surface area (Å²) in [5.74, 6) is -0.439. The lowest BCUT2D eigenvalue weighted by atomic mass is 10.1. The van der Waals surface area contributed by atoms with Crippen LogP contribution in [-0.4, -0.2) is 21.8 Å². The van der Waals surface area contributed by atoms with Crippen molar-refractivity contribution in [1.82, 2.24) is 0 Å². The molecule has 2 amide bonds. The highest BCUT2D eigenvalue weighted by Crippen LogP contribution is 2.16. The van der Waals surface area contributed by atoms with Crippen LogP contribution in [0, 0.1) is 0 Å². The summed E-state index contributed by atoms with van der Waals surface area (Å²) >= 11 is 3.33. The van der Waals surface area contributed by atoms with Crippen molar-refractivity contribution in [3.05, 3.63) is 58.6 Å². The highest BCUT2D eigenvalue weighted by atomic mass is 79.9. The molecule has 0 saturated carbocycles. The minimum Gasteiger partial charge on any atom is -0.366 e. The Bertz CT molecular complexity index is 763. The fraction of sp³-hybridized carbons (Fsp3) is 0.176. The number of amides is 2. The summed E-state index contributed by atoms with van der Waals surface area (Å²) in [4.78, 5) is 24.0. The number of anilines is 1. The largest absolute Gasteiger partial charge is 0.366 e. The minimum absolute atomic E-state index is 0.218. The molecule has 0 aliphatic heterocycles. The maximum Gasteiger partial charge on any atom is 0.250 e. The Morgan fingerprint density at radius 1 is 1.08 bits per heavy atom. The lowest BCUT2D eigenvalue weighted by molar-refractivity contribution is -0.116. The molecular weight excluding hydrogens is 392 g/mol. The number of carbonyl (C=O) groups is 2. The molecule has 0 spiro atoms. The van der Waals surface area contributed by atoms with Crippen LogP contribution in [0.15, 0.2) is 57.9 Å². The lowest BCUT2D eigenvalue weighted by Crippen LogP contribution is -2.18. The normalized spacial score (nSPS) is 11.7. The third kappa shape index (κ3) is 5.28. The summed E-state index contributed by atoms with van der Waals surface area (Å²) < 4.78 is 13.1. The number of para-hydroxylation sites is 1. The van der Waals surface area contributed by atoms with E-state index in [1.54, 1.807) is 36.4 Å². The number of hydrogen-bond donors (Lipinski definition) is 2. The van der Waals surface area contributed by atoms with Gasteiger partial charge in [0.25, 0.3) is 5.91 Å². The zero-order valence-corrected chi connectivity index (χ0v) is 15.2. The van der Waals surface area contributed by atoms with E-state index in [0.29, 0.717) is 17.9 Å². The van der Waals surface area contributed by atoms with Gasteiger partial charge in [0.15, 0.2) is 0 Å². The summed E-state index contributed by atoms with van der Waals surface area (Å²) in [6.07, 6.45) is 0.697. The van der Waals surface area contributed by atoms with Gasteiger partial charge < -0.3 is 11.1 Å². The van der Waals surface area contributed by atoms with Gasteiger partial charge in [0.1, 0.15) is 0 Å². The van der Waals surface area contributed by atoms with E-state index in [0.717, 1.165) is 9.37 Å². The maximum absolute atomic E-state index is 12.1. The molecule has 0 heterocycles. The van der Waals surface area contributed by atoms with Crippen molar-refractivity contribution in [2.24, 2.45) is 5.73 Å². The molecule has 0 saturated heterocycles. The fourth-order valence-electron chi connectivity index (χ4n) is 2.09. The maximum atomic E-state index is 12.1. The summed E-state index contributed by atoms with van der Waals surface area (Å²) in [7, 11) is -1.14. The van der Waals surface area contributed by atoms with Crippen LogP contribution in [0.4, 0.5) is 5.69 Å². The molecule has 0 bridgehead atoms. The van der Waals surface area contributed by atoms with Gasteiger partial charge in [-0.25, -0.2) is 0 Å². The Morgan fingerprint density at radius 3 is 2.42 bits per heavy atom. The first kappa shape index (κ1) is 18.4. The SMILES string of the molecule is NC(=O)c1ccccc1NC(=O)CCCS(=O)c1ccc(Br)cc1. The molecule has 126 valence electrons. The van der Waals surface area contributed by atoms with Crippen LogP contribution in [0.5, 0.6) is 0 Å². The predicted octanol–water partition coefficient (Wildman–Crippen LogP) is 3.07. The van der Waals surface area contributed by atoms with Crippen LogP contribution in [0.2, 0.25) is 0 Å². The van der Waals surface area contributed by atoms with Crippen LogP contribution in [0.3, 0.4) is 0 Å². The summed E-state index contributed by atoms with van der Waals surface area (Å²) in [6, 6.07) is 13.8. The third-order valence-corrected chi connectivity index (χ3v) is 5.26. The van der Waals surface area contributed by atoms with E-state index < -0.39 is 16.7 Å². The van der Waals surface area contributed by atoms with Gasteiger partial charge >= 0.3 is 0 Å². The first-order valence-electron chi connectivity index (χ1n) is 7.30. The molecule has 1 unspecified atom stereocenters. The van der Waals surface area contributed by atoms with Gasteiger partial charge in [0.05, 0.1) is 22.1 Å². The van der Waals surface area contributed by atoms with E-state index in [4.69, 9.17) is 5.73 Å². The van der Waals surface area contributed by atoms with Gasteiger partial charge in [-0.2, -0.15) is 0 Å². The minimum atomic E-state index is -1.14. The van der Waals surface area contributed by atoms with Gasteiger partial charge in [-0.15, -0.1) is 0 Å². The van der Waals surface area contributed by atoms with Gasteiger partial charge in [-0.1, -0.05) is 28.1 Å². The van der Waals surface area contributed by atoms with Gasteiger partial charge in [-0.3, -0.25) is 13.8 Å². The van der Waals surface area contributed by atoms with Crippen LogP contribution < -0.4 is 11.1 Å². The second-order valence-corrected chi connectivity index (χ2v) is 7.55. The Hall–Kier alpha value is -1.99. The van der Waals surface area contributed by atoms with Crippen molar-refractivity contribution in [3.63, 3.8) is 0 Å². The molecule has 7 heteroatoms. The standard InChI is InChI=1S/C17H17BrN2O3S/c18-12-7-9-13(10-8-12)24(23)11-3-6-16(21)20-15-5-2-1-4-14(15)17(19)22/h1-2,4-5,7-10H,3,6,11H2,(H2,19,22)(H,20,21). The van der Waals surface area contributed by atoms with E-state index >= 15 is 0 Å². The molecule has 0 fully saturated rings. The Kier molecular flexibility index (Phi) is 6.69. The first-order valence-corrected chi connectivity index (χ1v) is 9.41. The van der Waals surface area contributed by atoms with Gasteiger partial charge in [-0.05, 0) is 42.8 Å². The van der Waals surface area contributed by atoms with Crippen LogP contribution in [-0.2, 0) is 15.6 Å². The number of rotatable bonds is 7. The Balaban J connectivity index is 1.84. The fourth-order valence-corrected chi connectivity index (χ4v) is 3.43. The molecule has 1 atom stereocenters. The van der Waals surface area contributed by atoms with Crippen LogP contribution in [0.25, 0.3) is 0 Å². The van der Waals surface area contributed by atoms with E-state index in [1.807, 2.05) is 12.1 Å². The van der Waals surface area contributed by atoms with E-state index in [-0.39, 0.29) is 17.9 Å². The molecular formula is C17H17BrN2O3S. The molecule has 24 heavy (non-hydrogen) atoms. The molecule has 5 nitrogen and oxygen atoms in total. The second-order valence-electron chi connectivity index (χ2n) is 5.07. The van der Waals surface area contributed by atoms with E-state index in [1.165, 1.54) is 0 Å².